The van der Waals surface area contributed by atoms with E-state index < -0.39 is 24.4 Å². The zero-order valence-electron chi connectivity index (χ0n) is 4.98. The highest BCUT2D eigenvalue weighted by Crippen LogP contribution is 1.86. The van der Waals surface area contributed by atoms with Crippen molar-refractivity contribution in [2.24, 2.45) is 5.73 Å². The van der Waals surface area contributed by atoms with E-state index in [0.29, 0.717) is 0 Å². The van der Waals surface area contributed by atoms with E-state index in [2.05, 4.69) is 0 Å². The van der Waals surface area contributed by atoms with Crippen molar-refractivity contribution in [1.29, 1.82) is 0 Å². The maximum Gasteiger partial charge on any atom is 0.321 e. The van der Waals surface area contributed by atoms with Gasteiger partial charge in [-0.1, -0.05) is 0 Å². The van der Waals surface area contributed by atoms with Gasteiger partial charge in [0.1, 0.15) is 6.04 Å². The molecule has 7 heteroatoms. The number of aliphatic carboxylic acids is 2. The minimum atomic E-state index is -1.29. The molecule has 4 N–H and O–H groups in total. The van der Waals surface area contributed by atoms with Gasteiger partial charge in [-0.15, -0.1) is 12.4 Å². The van der Waals surface area contributed by atoms with Crippen LogP contribution in [0.25, 0.3) is 0 Å². The first-order valence-corrected chi connectivity index (χ1v) is 2.24. The molecule has 1 atom stereocenters. The maximum absolute atomic E-state index is 9.85. The second-order valence-electron chi connectivity index (χ2n) is 1.54. The van der Waals surface area contributed by atoms with Crippen molar-refractivity contribution >= 4 is 47.4 Å². The van der Waals surface area contributed by atoms with E-state index in [9.17, 15) is 9.59 Å². The van der Waals surface area contributed by atoms with Crippen molar-refractivity contribution in [3.8, 4) is 0 Å². The van der Waals surface area contributed by atoms with E-state index in [1.54, 1.807) is 0 Å². The Balaban J connectivity index is -0.000000320. The molecule has 0 aliphatic heterocycles. The van der Waals surface area contributed by atoms with E-state index in [1.165, 1.54) is 0 Å². The summed E-state index contributed by atoms with van der Waals surface area (Å²) in [7, 11) is 0. The van der Waals surface area contributed by atoms with Gasteiger partial charge in [0.2, 0.25) is 0 Å². The van der Waals surface area contributed by atoms with Crippen LogP contribution in [0.5, 0.6) is 0 Å². The Morgan fingerprint density at radius 3 is 1.82 bits per heavy atom. The number of nitrogens with two attached hydrogens (primary N) is 1. The topological polar surface area (TPSA) is 101 Å². The molecule has 0 bridgehead atoms. The van der Waals surface area contributed by atoms with Crippen molar-refractivity contribution in [3.05, 3.63) is 0 Å². The number of rotatable bonds is 3. The monoisotopic (exact) mass is 195 g/mol. The van der Waals surface area contributed by atoms with Crippen molar-refractivity contribution in [2.75, 3.05) is 0 Å². The fourth-order valence-electron chi connectivity index (χ4n) is 0.275. The lowest BCUT2D eigenvalue weighted by molar-refractivity contribution is -0.144. The Morgan fingerprint density at radius 1 is 1.36 bits per heavy atom. The fourth-order valence-corrected chi connectivity index (χ4v) is 0.275. The molecule has 0 aromatic rings. The van der Waals surface area contributed by atoms with Crippen LogP contribution >= 0.6 is 12.4 Å². The van der Waals surface area contributed by atoms with Gasteiger partial charge in [0.25, 0.3) is 0 Å². The summed E-state index contributed by atoms with van der Waals surface area (Å²) in [5.74, 6) is -2.50. The Labute approximate surface area is 85.5 Å². The normalized spacial score (nSPS) is 10.3. The van der Waals surface area contributed by atoms with Crippen molar-refractivity contribution in [2.45, 2.75) is 12.5 Å². The summed E-state index contributed by atoms with van der Waals surface area (Å²) in [4.78, 5) is 19.6. The largest absolute Gasteiger partial charge is 0.481 e. The number of carbonyl (C=O) groups is 2. The standard InChI is InChI=1S/C4H7NO4.ClH.Mg.2H/c5-2(4(8)9)1-3(6)7;;;;/h2H,1,5H2,(H,6,7)(H,8,9);1H;;;/t2-;;;;/m0..../s1. The Morgan fingerprint density at radius 2 is 1.73 bits per heavy atom. The molecular weight excluding hydrogens is 186 g/mol. The molecule has 0 aliphatic carbocycles. The molecule has 0 aliphatic rings. The summed E-state index contributed by atoms with van der Waals surface area (Å²) in [6.07, 6.45) is -0.532. The molecule has 64 valence electrons. The molecule has 0 spiro atoms. The van der Waals surface area contributed by atoms with E-state index in [0.717, 1.165) is 0 Å². The zero-order chi connectivity index (χ0) is 7.44. The van der Waals surface area contributed by atoms with Crippen LogP contribution in [0.15, 0.2) is 0 Å². The highest BCUT2D eigenvalue weighted by molar-refractivity contribution is 5.85. The van der Waals surface area contributed by atoms with Gasteiger partial charge in [-0.25, -0.2) is 0 Å². The van der Waals surface area contributed by atoms with Crippen LogP contribution in [0.4, 0.5) is 0 Å². The minimum Gasteiger partial charge on any atom is -0.481 e. The van der Waals surface area contributed by atoms with Crippen LogP contribution in [0, 0.1) is 0 Å². The molecule has 0 radical (unpaired) electrons. The molecule has 0 unspecified atom stereocenters. The van der Waals surface area contributed by atoms with Crippen molar-refractivity contribution in [1.82, 2.24) is 0 Å². The summed E-state index contributed by atoms with van der Waals surface area (Å²) < 4.78 is 0. The van der Waals surface area contributed by atoms with E-state index in [1.807, 2.05) is 0 Å². The molecule has 0 heterocycles. The Bertz CT molecular complexity index is 142. The third-order valence-electron chi connectivity index (χ3n) is 0.712. The number of carboxylic acid groups (broad SMARTS) is 2. The highest BCUT2D eigenvalue weighted by Gasteiger charge is 2.14. The van der Waals surface area contributed by atoms with Gasteiger partial charge in [-0.05, 0) is 0 Å². The van der Waals surface area contributed by atoms with E-state index >= 15 is 0 Å². The van der Waals surface area contributed by atoms with Crippen LogP contribution in [-0.4, -0.2) is 51.2 Å². The quantitative estimate of drug-likeness (QED) is 0.470. The fraction of sp³-hybridized carbons (Fsp3) is 0.500. The first-order chi connectivity index (χ1) is 4.04. The van der Waals surface area contributed by atoms with Crippen LogP contribution in [0.1, 0.15) is 6.42 Å². The van der Waals surface area contributed by atoms with Crippen LogP contribution in [0.3, 0.4) is 0 Å². The molecule has 0 fully saturated rings. The molecule has 0 saturated heterocycles. The maximum atomic E-state index is 9.85. The summed E-state index contributed by atoms with van der Waals surface area (Å²) in [6, 6.07) is -1.29. The summed E-state index contributed by atoms with van der Waals surface area (Å²) in [5.41, 5.74) is 4.84. The van der Waals surface area contributed by atoms with E-state index in [-0.39, 0.29) is 35.5 Å². The van der Waals surface area contributed by atoms with Gasteiger partial charge < -0.3 is 15.9 Å². The summed E-state index contributed by atoms with van der Waals surface area (Å²) in [6.45, 7) is 0. The van der Waals surface area contributed by atoms with Gasteiger partial charge >= 0.3 is 35.0 Å². The molecule has 11 heavy (non-hydrogen) atoms. The first-order valence-electron chi connectivity index (χ1n) is 2.24. The lowest BCUT2D eigenvalue weighted by Gasteiger charge is -1.99. The van der Waals surface area contributed by atoms with Crippen molar-refractivity contribution < 1.29 is 19.8 Å². The Kier molecular flexibility index (Phi) is 12.6. The van der Waals surface area contributed by atoms with Crippen LogP contribution < -0.4 is 5.73 Å². The molecule has 0 aromatic heterocycles. The second kappa shape index (κ2) is 8.06. The third-order valence-corrected chi connectivity index (χ3v) is 0.712. The predicted molar refractivity (Wildman–Crippen MR) is 43.7 cm³/mol. The summed E-state index contributed by atoms with van der Waals surface area (Å²) >= 11 is 0. The Hall–Kier alpha value is -0.0438. The van der Waals surface area contributed by atoms with E-state index in [4.69, 9.17) is 15.9 Å². The van der Waals surface area contributed by atoms with Gasteiger partial charge in [0.15, 0.2) is 0 Å². The van der Waals surface area contributed by atoms with Crippen LogP contribution in [0.2, 0.25) is 0 Å². The highest BCUT2D eigenvalue weighted by atomic mass is 35.5. The lowest BCUT2D eigenvalue weighted by Crippen LogP contribution is -2.32. The van der Waals surface area contributed by atoms with Crippen LogP contribution in [-0.2, 0) is 9.59 Å². The van der Waals surface area contributed by atoms with Gasteiger partial charge in [0.05, 0.1) is 6.42 Å². The van der Waals surface area contributed by atoms with Crippen molar-refractivity contribution in [3.63, 3.8) is 0 Å². The zero-order valence-corrected chi connectivity index (χ0v) is 5.80. The molecule has 5 nitrogen and oxygen atoms in total. The average molecular weight is 196 g/mol. The molecule has 0 rings (SSSR count). The molecule has 0 saturated carbocycles. The SMILES string of the molecule is Cl.N[C@@H](CC(=O)O)C(=O)O.[MgH2]. The number of hydrogen-bond acceptors (Lipinski definition) is 3. The predicted octanol–water partition coefficient (Wildman–Crippen LogP) is -1.62. The van der Waals surface area contributed by atoms with Gasteiger partial charge in [-0.3, -0.25) is 9.59 Å². The van der Waals surface area contributed by atoms with Gasteiger partial charge in [0, 0.05) is 0 Å². The minimum absolute atomic E-state index is 0. The number of halogens is 1. The lowest BCUT2D eigenvalue weighted by atomic mass is 10.2. The third kappa shape index (κ3) is 9.96. The number of hydrogen-bond donors (Lipinski definition) is 3. The average Bonchev–Trinajstić information content (AvgIpc) is 1.63. The summed E-state index contributed by atoms with van der Waals surface area (Å²) in [5, 5.41) is 16.0. The first kappa shape index (κ1) is 17.2. The molecule has 0 amide bonds. The molecular formula is C4H10ClMgNO4. The second-order valence-corrected chi connectivity index (χ2v) is 1.54. The smallest absolute Gasteiger partial charge is 0.321 e. The number of carboxylic acids is 2. The molecule has 0 aromatic carbocycles. The van der Waals surface area contributed by atoms with Gasteiger partial charge in [-0.2, -0.15) is 0 Å².